The van der Waals surface area contributed by atoms with Crippen LogP contribution in [0.4, 0.5) is 4.79 Å². The molecule has 0 spiro atoms. The van der Waals surface area contributed by atoms with Gasteiger partial charge in [-0.25, -0.2) is 4.79 Å². The third-order valence-corrected chi connectivity index (χ3v) is 3.28. The Morgan fingerprint density at radius 1 is 1.33 bits per heavy atom. The van der Waals surface area contributed by atoms with E-state index in [1.807, 2.05) is 30.3 Å². The Bertz CT molecular complexity index is 546. The van der Waals surface area contributed by atoms with Crippen LogP contribution >= 0.6 is 0 Å². The molecular weight excluding hydrogens is 272 g/mol. The Kier molecular flexibility index (Phi) is 4.54. The molecule has 112 valence electrons. The number of benzene rings is 1. The summed E-state index contributed by atoms with van der Waals surface area (Å²) in [5.41, 5.74) is 6.87. The molecule has 1 unspecified atom stereocenters. The zero-order valence-corrected chi connectivity index (χ0v) is 11.8. The topological polar surface area (TPSA) is 95.7 Å². The molecule has 1 aliphatic rings. The maximum atomic E-state index is 11.8. The van der Waals surface area contributed by atoms with Gasteiger partial charge >= 0.3 is 6.03 Å². The van der Waals surface area contributed by atoms with Crippen LogP contribution in [0.15, 0.2) is 30.3 Å². The van der Waals surface area contributed by atoms with Crippen molar-refractivity contribution < 1.29 is 14.4 Å². The van der Waals surface area contributed by atoms with Crippen molar-refractivity contribution in [1.82, 2.24) is 15.1 Å². The first kappa shape index (κ1) is 15.0. The molecule has 3 N–H and O–H groups in total. The second kappa shape index (κ2) is 6.36. The molecule has 1 aromatic carbocycles. The smallest absolute Gasteiger partial charge is 0.327 e. The summed E-state index contributed by atoms with van der Waals surface area (Å²) in [4.78, 5) is 37.2. The molecule has 1 aliphatic heterocycles. The Balaban J connectivity index is 1.83. The zero-order chi connectivity index (χ0) is 15.4. The molecule has 1 fully saturated rings. The molecule has 21 heavy (non-hydrogen) atoms. The average molecular weight is 290 g/mol. The van der Waals surface area contributed by atoms with Gasteiger partial charge in [-0.1, -0.05) is 30.3 Å². The standard InChI is InChI=1S/C14H18N4O3/c1-17-9-13(20)18(14(17)21)8-12(19)16-7-11(15)10-5-3-2-4-6-10/h2-6,11H,7-9,15H2,1H3,(H,16,19). The van der Waals surface area contributed by atoms with Crippen LogP contribution in [0.2, 0.25) is 0 Å². The number of hydrogen-bond acceptors (Lipinski definition) is 4. The molecule has 7 heteroatoms. The average Bonchev–Trinajstić information content (AvgIpc) is 2.72. The number of urea groups is 1. The van der Waals surface area contributed by atoms with Crippen LogP contribution in [0.3, 0.4) is 0 Å². The Morgan fingerprint density at radius 3 is 2.57 bits per heavy atom. The van der Waals surface area contributed by atoms with E-state index < -0.39 is 11.9 Å². The van der Waals surface area contributed by atoms with Crippen molar-refractivity contribution in [3.05, 3.63) is 35.9 Å². The highest BCUT2D eigenvalue weighted by Crippen LogP contribution is 2.09. The van der Waals surface area contributed by atoms with Gasteiger partial charge in [-0.05, 0) is 5.56 Å². The van der Waals surface area contributed by atoms with Crippen LogP contribution in [0, 0.1) is 0 Å². The van der Waals surface area contributed by atoms with Gasteiger partial charge in [0, 0.05) is 19.6 Å². The lowest BCUT2D eigenvalue weighted by Gasteiger charge is -2.16. The maximum Gasteiger partial charge on any atom is 0.327 e. The van der Waals surface area contributed by atoms with E-state index in [2.05, 4.69) is 5.32 Å². The minimum atomic E-state index is -0.456. The highest BCUT2D eigenvalue weighted by Gasteiger charge is 2.34. The van der Waals surface area contributed by atoms with Crippen LogP contribution in [0.25, 0.3) is 0 Å². The summed E-state index contributed by atoms with van der Waals surface area (Å²) >= 11 is 0. The number of imide groups is 1. The molecule has 1 heterocycles. The quantitative estimate of drug-likeness (QED) is 0.728. The van der Waals surface area contributed by atoms with Crippen LogP contribution in [-0.2, 0) is 9.59 Å². The van der Waals surface area contributed by atoms with Crippen molar-refractivity contribution in [2.45, 2.75) is 6.04 Å². The van der Waals surface area contributed by atoms with Gasteiger partial charge in [0.1, 0.15) is 13.1 Å². The number of rotatable bonds is 5. The summed E-state index contributed by atoms with van der Waals surface area (Å²) in [6.45, 7) is -0.0198. The van der Waals surface area contributed by atoms with Crippen LogP contribution in [0.5, 0.6) is 0 Å². The van der Waals surface area contributed by atoms with E-state index in [-0.39, 0.29) is 31.6 Å². The summed E-state index contributed by atoms with van der Waals surface area (Å²) in [7, 11) is 1.52. The highest BCUT2D eigenvalue weighted by atomic mass is 16.2. The van der Waals surface area contributed by atoms with Crippen molar-refractivity contribution in [3.8, 4) is 0 Å². The highest BCUT2D eigenvalue weighted by molar-refractivity contribution is 6.04. The van der Waals surface area contributed by atoms with E-state index in [0.29, 0.717) is 0 Å². The molecule has 0 bridgehead atoms. The van der Waals surface area contributed by atoms with Crippen LogP contribution in [-0.4, -0.2) is 54.3 Å². The van der Waals surface area contributed by atoms with E-state index in [9.17, 15) is 14.4 Å². The van der Waals surface area contributed by atoms with Gasteiger partial charge in [0.25, 0.3) is 5.91 Å². The molecule has 0 aliphatic carbocycles. The van der Waals surface area contributed by atoms with E-state index in [0.717, 1.165) is 10.5 Å². The Hall–Kier alpha value is -2.41. The number of carbonyl (C=O) groups is 3. The third-order valence-electron chi connectivity index (χ3n) is 3.28. The lowest BCUT2D eigenvalue weighted by Crippen LogP contribution is -2.42. The van der Waals surface area contributed by atoms with Crippen LogP contribution in [0.1, 0.15) is 11.6 Å². The van der Waals surface area contributed by atoms with E-state index in [1.54, 1.807) is 0 Å². The number of carbonyl (C=O) groups excluding carboxylic acids is 3. The van der Waals surface area contributed by atoms with E-state index >= 15 is 0 Å². The number of amides is 4. The second-order valence-electron chi connectivity index (χ2n) is 4.94. The number of nitrogens with two attached hydrogens (primary N) is 1. The first-order valence-corrected chi connectivity index (χ1v) is 6.61. The van der Waals surface area contributed by atoms with Crippen molar-refractivity contribution in [2.75, 3.05) is 26.7 Å². The van der Waals surface area contributed by atoms with Gasteiger partial charge in [0.2, 0.25) is 5.91 Å². The second-order valence-corrected chi connectivity index (χ2v) is 4.94. The number of hydrogen-bond donors (Lipinski definition) is 2. The number of nitrogens with zero attached hydrogens (tertiary/aromatic N) is 2. The lowest BCUT2D eigenvalue weighted by atomic mass is 10.1. The molecule has 1 saturated heterocycles. The van der Waals surface area contributed by atoms with Crippen molar-refractivity contribution in [3.63, 3.8) is 0 Å². The minimum absolute atomic E-state index is 0.00957. The summed E-state index contributed by atoms with van der Waals surface area (Å²) < 4.78 is 0. The van der Waals surface area contributed by atoms with Gasteiger partial charge < -0.3 is 16.0 Å². The first-order chi connectivity index (χ1) is 9.99. The monoisotopic (exact) mass is 290 g/mol. The normalized spacial score (nSPS) is 16.3. The first-order valence-electron chi connectivity index (χ1n) is 6.61. The van der Waals surface area contributed by atoms with Crippen LogP contribution < -0.4 is 11.1 Å². The molecular formula is C14H18N4O3. The summed E-state index contributed by atoms with van der Waals surface area (Å²) in [6.07, 6.45) is 0. The molecule has 0 aromatic heterocycles. The van der Waals surface area contributed by atoms with Gasteiger partial charge in [0.05, 0.1) is 0 Å². The fourth-order valence-corrected chi connectivity index (χ4v) is 2.07. The van der Waals surface area contributed by atoms with Gasteiger partial charge in [0.15, 0.2) is 0 Å². The van der Waals surface area contributed by atoms with Gasteiger partial charge in [-0.3, -0.25) is 14.5 Å². The summed E-state index contributed by atoms with van der Waals surface area (Å²) in [5, 5.41) is 2.64. The molecule has 7 nitrogen and oxygen atoms in total. The molecule has 4 amide bonds. The summed E-state index contributed by atoms with van der Waals surface area (Å²) in [6, 6.07) is 8.59. The predicted molar refractivity (Wildman–Crippen MR) is 76.1 cm³/mol. The summed E-state index contributed by atoms with van der Waals surface area (Å²) in [5.74, 6) is -0.775. The van der Waals surface area contributed by atoms with Crippen molar-refractivity contribution in [1.29, 1.82) is 0 Å². The fraction of sp³-hybridized carbons (Fsp3) is 0.357. The van der Waals surface area contributed by atoms with E-state index in [4.69, 9.17) is 5.73 Å². The zero-order valence-electron chi connectivity index (χ0n) is 11.8. The fourth-order valence-electron chi connectivity index (χ4n) is 2.07. The minimum Gasteiger partial charge on any atom is -0.353 e. The lowest BCUT2D eigenvalue weighted by molar-refractivity contribution is -0.130. The molecule has 0 radical (unpaired) electrons. The SMILES string of the molecule is CN1CC(=O)N(CC(=O)NCC(N)c2ccccc2)C1=O. The Morgan fingerprint density at radius 2 is 2.00 bits per heavy atom. The van der Waals surface area contributed by atoms with Crippen molar-refractivity contribution >= 4 is 17.8 Å². The van der Waals surface area contributed by atoms with Crippen molar-refractivity contribution in [2.24, 2.45) is 5.73 Å². The number of nitrogens with one attached hydrogen (secondary N) is 1. The molecule has 1 atom stereocenters. The largest absolute Gasteiger partial charge is 0.353 e. The van der Waals surface area contributed by atoms with Gasteiger partial charge in [-0.2, -0.15) is 0 Å². The maximum absolute atomic E-state index is 11.8. The number of likely N-dealkylation sites (N-methyl/N-ethyl adjacent to an activating group) is 1. The third kappa shape index (κ3) is 3.57. The molecule has 0 saturated carbocycles. The predicted octanol–water partition coefficient (Wildman–Crippen LogP) is -0.303. The molecule has 1 aromatic rings. The van der Waals surface area contributed by atoms with Gasteiger partial charge in [-0.15, -0.1) is 0 Å². The van der Waals surface area contributed by atoms with E-state index in [1.165, 1.54) is 11.9 Å². The molecule has 2 rings (SSSR count). The Labute approximate surface area is 122 Å².